The van der Waals surface area contributed by atoms with E-state index < -0.39 is 0 Å². The summed E-state index contributed by atoms with van der Waals surface area (Å²) in [6, 6.07) is 14.2. The van der Waals surface area contributed by atoms with Crippen LogP contribution in [0.5, 0.6) is 5.75 Å². The molecule has 0 aliphatic rings. The Labute approximate surface area is 188 Å². The van der Waals surface area contributed by atoms with Crippen molar-refractivity contribution in [2.75, 3.05) is 18.5 Å². The van der Waals surface area contributed by atoms with Crippen LogP contribution >= 0.6 is 22.6 Å². The van der Waals surface area contributed by atoms with E-state index in [2.05, 4.69) is 53.0 Å². The maximum atomic E-state index is 11.6. The summed E-state index contributed by atoms with van der Waals surface area (Å²) in [5, 5.41) is 3.45. The highest BCUT2D eigenvalue weighted by Gasteiger charge is 2.07. The van der Waals surface area contributed by atoms with Gasteiger partial charge >= 0.3 is 5.97 Å². The van der Waals surface area contributed by atoms with Crippen molar-refractivity contribution < 1.29 is 14.3 Å². The van der Waals surface area contributed by atoms with E-state index in [9.17, 15) is 4.79 Å². The summed E-state index contributed by atoms with van der Waals surface area (Å²) in [5.74, 6) is 0.766. The summed E-state index contributed by atoms with van der Waals surface area (Å²) >= 11 is 2.32. The van der Waals surface area contributed by atoms with Crippen LogP contribution in [0, 0.1) is 3.57 Å². The minimum atomic E-state index is -0.191. The zero-order chi connectivity index (χ0) is 20.9. The van der Waals surface area contributed by atoms with Crippen molar-refractivity contribution in [2.45, 2.75) is 58.9 Å². The number of carbonyl (C=O) groups excluding carboxylic acids is 1. The molecule has 0 radical (unpaired) electrons. The summed E-state index contributed by atoms with van der Waals surface area (Å²) in [4.78, 5) is 11.6. The summed E-state index contributed by atoms with van der Waals surface area (Å²) in [6.07, 6.45) is 6.48. The minimum Gasteiger partial charge on any atom is -0.493 e. The molecule has 0 heterocycles. The lowest BCUT2D eigenvalue weighted by molar-refractivity contribution is -0.142. The fourth-order valence-corrected chi connectivity index (χ4v) is 3.48. The Kier molecular flexibility index (Phi) is 10.9. The van der Waals surface area contributed by atoms with Crippen molar-refractivity contribution >= 4 is 34.2 Å². The van der Waals surface area contributed by atoms with Gasteiger partial charge in [0.25, 0.3) is 0 Å². The van der Waals surface area contributed by atoms with Crippen molar-refractivity contribution in [3.05, 3.63) is 57.2 Å². The zero-order valence-corrected chi connectivity index (χ0v) is 19.7. The summed E-state index contributed by atoms with van der Waals surface area (Å²) in [6.45, 7) is 5.92. The van der Waals surface area contributed by atoms with Crippen molar-refractivity contribution in [1.29, 1.82) is 0 Å². The SMILES string of the molecule is CCCCCCCOc1cc(I)ccc1CNc1ccc(CC(=O)OCC)cc1. The largest absolute Gasteiger partial charge is 0.493 e. The molecule has 158 valence electrons. The predicted molar refractivity (Wildman–Crippen MR) is 128 cm³/mol. The van der Waals surface area contributed by atoms with Crippen molar-refractivity contribution in [3.8, 4) is 5.75 Å². The Bertz CT molecular complexity index is 746. The number of anilines is 1. The van der Waals surface area contributed by atoms with Crippen LogP contribution < -0.4 is 10.1 Å². The highest BCUT2D eigenvalue weighted by molar-refractivity contribution is 14.1. The molecule has 0 saturated heterocycles. The molecule has 0 aliphatic carbocycles. The number of benzene rings is 2. The van der Waals surface area contributed by atoms with Crippen LogP contribution in [-0.4, -0.2) is 19.2 Å². The first-order valence-corrected chi connectivity index (χ1v) is 11.6. The average molecular weight is 509 g/mol. The second-order valence-corrected chi connectivity index (χ2v) is 8.29. The summed E-state index contributed by atoms with van der Waals surface area (Å²) in [7, 11) is 0. The van der Waals surface area contributed by atoms with Gasteiger partial charge < -0.3 is 14.8 Å². The third-order valence-electron chi connectivity index (χ3n) is 4.63. The van der Waals surface area contributed by atoms with Crippen molar-refractivity contribution in [3.63, 3.8) is 0 Å². The molecule has 0 unspecified atom stereocenters. The van der Waals surface area contributed by atoms with Crippen LogP contribution in [0.25, 0.3) is 0 Å². The van der Waals surface area contributed by atoms with E-state index >= 15 is 0 Å². The summed E-state index contributed by atoms with van der Waals surface area (Å²) < 4.78 is 12.2. The summed E-state index contributed by atoms with van der Waals surface area (Å²) in [5.41, 5.74) is 3.12. The quantitative estimate of drug-likeness (QED) is 0.194. The van der Waals surface area contributed by atoms with Gasteiger partial charge in [0.1, 0.15) is 5.75 Å². The molecule has 0 aromatic heterocycles. The Hall–Kier alpha value is -1.76. The van der Waals surface area contributed by atoms with Crippen LogP contribution in [0.1, 0.15) is 57.1 Å². The lowest BCUT2D eigenvalue weighted by Crippen LogP contribution is -2.07. The molecule has 0 spiro atoms. The highest BCUT2D eigenvalue weighted by atomic mass is 127. The number of rotatable bonds is 13. The maximum absolute atomic E-state index is 11.6. The van der Waals surface area contributed by atoms with Crippen LogP contribution in [0.3, 0.4) is 0 Å². The lowest BCUT2D eigenvalue weighted by atomic mass is 10.1. The third-order valence-corrected chi connectivity index (χ3v) is 5.30. The fraction of sp³-hybridized carbons (Fsp3) is 0.458. The molecule has 4 nitrogen and oxygen atoms in total. The Morgan fingerprint density at radius 1 is 1.00 bits per heavy atom. The first kappa shape index (κ1) is 23.5. The van der Waals surface area contributed by atoms with Gasteiger partial charge in [-0.15, -0.1) is 0 Å². The molecule has 1 N–H and O–H groups in total. The molecule has 2 rings (SSSR count). The maximum Gasteiger partial charge on any atom is 0.310 e. The number of hydrogen-bond acceptors (Lipinski definition) is 4. The Morgan fingerprint density at radius 2 is 1.76 bits per heavy atom. The van der Waals surface area contributed by atoms with E-state index in [-0.39, 0.29) is 5.97 Å². The van der Waals surface area contributed by atoms with E-state index in [4.69, 9.17) is 9.47 Å². The van der Waals surface area contributed by atoms with Gasteiger partial charge in [0.15, 0.2) is 0 Å². The first-order chi connectivity index (χ1) is 14.1. The van der Waals surface area contributed by atoms with E-state index in [0.717, 1.165) is 35.6 Å². The first-order valence-electron chi connectivity index (χ1n) is 10.5. The molecular weight excluding hydrogens is 477 g/mol. The number of unbranched alkanes of at least 4 members (excludes halogenated alkanes) is 4. The van der Waals surface area contributed by atoms with Gasteiger partial charge in [-0.3, -0.25) is 4.79 Å². The molecule has 29 heavy (non-hydrogen) atoms. The topological polar surface area (TPSA) is 47.6 Å². The molecular formula is C24H32INO3. The van der Waals surface area contributed by atoms with Crippen LogP contribution in [0.4, 0.5) is 5.69 Å². The number of halogens is 1. The molecule has 0 fully saturated rings. The Balaban J connectivity index is 1.87. The second-order valence-electron chi connectivity index (χ2n) is 7.05. The molecule has 2 aromatic rings. The molecule has 2 aromatic carbocycles. The van der Waals surface area contributed by atoms with Crippen molar-refractivity contribution in [2.24, 2.45) is 0 Å². The fourth-order valence-electron chi connectivity index (χ4n) is 3.01. The number of ether oxygens (including phenoxy) is 2. The van der Waals surface area contributed by atoms with Gasteiger partial charge in [-0.25, -0.2) is 0 Å². The van der Waals surface area contributed by atoms with E-state index in [1.54, 1.807) is 0 Å². The van der Waals surface area contributed by atoms with Gasteiger partial charge in [-0.2, -0.15) is 0 Å². The monoisotopic (exact) mass is 509 g/mol. The third kappa shape index (κ3) is 9.07. The molecule has 0 aliphatic heterocycles. The van der Waals surface area contributed by atoms with Gasteiger partial charge in [-0.1, -0.05) is 50.8 Å². The van der Waals surface area contributed by atoms with E-state index in [0.29, 0.717) is 19.6 Å². The van der Waals surface area contributed by atoms with Gasteiger partial charge in [0.2, 0.25) is 0 Å². The van der Waals surface area contributed by atoms with Gasteiger partial charge in [-0.05, 0) is 65.8 Å². The number of nitrogens with one attached hydrogen (secondary N) is 1. The van der Waals surface area contributed by atoms with Crippen molar-refractivity contribution in [1.82, 2.24) is 0 Å². The predicted octanol–water partition coefficient (Wildman–Crippen LogP) is 6.36. The smallest absolute Gasteiger partial charge is 0.310 e. The number of hydrogen-bond donors (Lipinski definition) is 1. The highest BCUT2D eigenvalue weighted by Crippen LogP contribution is 2.23. The van der Waals surface area contributed by atoms with Crippen LogP contribution in [0.2, 0.25) is 0 Å². The second kappa shape index (κ2) is 13.5. The van der Waals surface area contributed by atoms with Crippen LogP contribution in [-0.2, 0) is 22.5 Å². The normalized spacial score (nSPS) is 10.6. The Morgan fingerprint density at radius 3 is 2.48 bits per heavy atom. The lowest BCUT2D eigenvalue weighted by Gasteiger charge is -2.14. The molecule has 0 atom stereocenters. The van der Waals surface area contributed by atoms with E-state index in [1.807, 2.05) is 31.2 Å². The van der Waals surface area contributed by atoms with Crippen LogP contribution in [0.15, 0.2) is 42.5 Å². The molecule has 0 bridgehead atoms. The molecule has 5 heteroatoms. The molecule has 0 amide bonds. The molecule has 0 saturated carbocycles. The zero-order valence-electron chi connectivity index (χ0n) is 17.5. The standard InChI is InChI=1S/C24H32INO3/c1-3-5-6-7-8-15-29-23-17-21(25)12-11-20(23)18-26-22-13-9-19(10-14-22)16-24(27)28-4-2/h9-14,17,26H,3-8,15-16,18H2,1-2H3. The number of esters is 1. The number of carbonyl (C=O) groups is 1. The van der Waals surface area contributed by atoms with E-state index in [1.165, 1.54) is 29.3 Å². The van der Waals surface area contributed by atoms with Gasteiger partial charge in [0.05, 0.1) is 19.6 Å². The van der Waals surface area contributed by atoms with Gasteiger partial charge in [0, 0.05) is 21.4 Å². The average Bonchev–Trinajstić information content (AvgIpc) is 2.71. The minimum absolute atomic E-state index is 0.191.